The first kappa shape index (κ1) is 17.4. The van der Waals surface area contributed by atoms with E-state index in [1.807, 2.05) is 0 Å². The van der Waals surface area contributed by atoms with Crippen LogP contribution in [-0.4, -0.2) is 48.7 Å². The van der Waals surface area contributed by atoms with Crippen molar-refractivity contribution >= 4 is 28.2 Å². The Kier molecular flexibility index (Phi) is 3.86. The smallest absolute Gasteiger partial charge is 0.341 e. The van der Waals surface area contributed by atoms with Gasteiger partial charge in [0.15, 0.2) is 18.3 Å². The number of nitrogens with two attached hydrogens (primary N) is 2. The third-order valence-electron chi connectivity index (χ3n) is 4.98. The summed E-state index contributed by atoms with van der Waals surface area (Å²) in [5.41, 5.74) is 6.99. The van der Waals surface area contributed by atoms with Gasteiger partial charge in [0.2, 0.25) is 5.43 Å². The van der Waals surface area contributed by atoms with E-state index in [0.717, 1.165) is 0 Å². The number of carboxylic acids is 1. The lowest BCUT2D eigenvalue weighted by Crippen LogP contribution is -2.40. The summed E-state index contributed by atoms with van der Waals surface area (Å²) in [5.74, 6) is 3.50. The average molecular weight is 378 g/mol. The molecule has 11 heteroatoms. The molecule has 6 N–H and O–H groups in total. The Hall–Kier alpha value is -3.05. The Morgan fingerprint density at radius 3 is 2.81 bits per heavy atom. The molecule has 0 radical (unpaired) electrons. The molecule has 144 valence electrons. The number of anilines is 2. The fourth-order valence-corrected chi connectivity index (χ4v) is 3.68. The van der Waals surface area contributed by atoms with Gasteiger partial charge in [-0.25, -0.2) is 9.18 Å². The van der Waals surface area contributed by atoms with Crippen LogP contribution in [0.15, 0.2) is 11.0 Å². The molecule has 2 aromatic rings. The van der Waals surface area contributed by atoms with Gasteiger partial charge in [-0.15, -0.1) is 0 Å². The minimum atomic E-state index is -1.41. The highest BCUT2D eigenvalue weighted by Crippen LogP contribution is 2.44. The third-order valence-corrected chi connectivity index (χ3v) is 4.98. The normalized spacial score (nSPS) is 18.7. The van der Waals surface area contributed by atoms with Crippen molar-refractivity contribution < 1.29 is 19.0 Å². The molecule has 0 bridgehead atoms. The molecule has 27 heavy (non-hydrogen) atoms. The number of carbonyl (C=O) groups is 1. The number of halogens is 1. The van der Waals surface area contributed by atoms with Crippen molar-refractivity contribution in [3.8, 4) is 5.75 Å². The standard InChI is InChI=1S/C16H19FN6O4/c1-21-6-27-15-12-9(14(24)8(16(25)26)5-23(12)21)11(20-19)10(17)13(15)22-3-2-7(18)4-22/h5,7,20H,2-4,6,18-19H2,1H3,(H,25,26). The van der Waals surface area contributed by atoms with E-state index < -0.39 is 22.8 Å². The van der Waals surface area contributed by atoms with Crippen molar-refractivity contribution in [1.82, 2.24) is 4.68 Å². The Labute approximate surface area is 152 Å². The van der Waals surface area contributed by atoms with Gasteiger partial charge in [-0.05, 0) is 6.42 Å². The van der Waals surface area contributed by atoms with Gasteiger partial charge in [0.25, 0.3) is 0 Å². The van der Waals surface area contributed by atoms with Gasteiger partial charge in [0, 0.05) is 32.4 Å². The zero-order valence-electron chi connectivity index (χ0n) is 14.5. The number of hydrogen-bond donors (Lipinski definition) is 4. The fraction of sp³-hybridized carbons (Fsp3) is 0.375. The number of benzene rings is 1. The summed E-state index contributed by atoms with van der Waals surface area (Å²) in [4.78, 5) is 26.0. The largest absolute Gasteiger partial charge is 0.477 e. The van der Waals surface area contributed by atoms with Gasteiger partial charge < -0.3 is 25.9 Å². The maximum absolute atomic E-state index is 15.4. The maximum atomic E-state index is 15.4. The predicted octanol–water partition coefficient (Wildman–Crippen LogP) is -0.420. The number of carboxylic acid groups (broad SMARTS) is 1. The summed E-state index contributed by atoms with van der Waals surface area (Å²) in [6.45, 7) is 0.999. The Morgan fingerprint density at radius 2 is 2.22 bits per heavy atom. The first-order valence-electron chi connectivity index (χ1n) is 8.34. The molecule has 1 aromatic heterocycles. The second kappa shape index (κ2) is 5.99. The van der Waals surface area contributed by atoms with Gasteiger partial charge in [0.1, 0.15) is 22.5 Å². The summed E-state index contributed by atoms with van der Waals surface area (Å²) in [5, 5.41) is 10.8. The number of aromatic nitrogens is 1. The first-order valence-corrected chi connectivity index (χ1v) is 8.34. The summed E-state index contributed by atoms with van der Waals surface area (Å²) >= 11 is 0. The molecule has 0 saturated carbocycles. The quantitative estimate of drug-likeness (QED) is 0.414. The van der Waals surface area contributed by atoms with Crippen LogP contribution in [0.2, 0.25) is 0 Å². The van der Waals surface area contributed by atoms with Crippen molar-refractivity contribution in [2.45, 2.75) is 12.5 Å². The topological polar surface area (TPSA) is 139 Å². The lowest BCUT2D eigenvalue weighted by molar-refractivity contribution is 0.0694. The van der Waals surface area contributed by atoms with Crippen molar-refractivity contribution in [1.29, 1.82) is 0 Å². The van der Waals surface area contributed by atoms with Gasteiger partial charge in [-0.2, -0.15) is 0 Å². The van der Waals surface area contributed by atoms with E-state index in [9.17, 15) is 14.7 Å². The van der Waals surface area contributed by atoms with Crippen LogP contribution in [-0.2, 0) is 0 Å². The zero-order valence-corrected chi connectivity index (χ0v) is 14.5. The zero-order chi connectivity index (χ0) is 19.5. The first-order chi connectivity index (χ1) is 12.8. The average Bonchev–Trinajstić information content (AvgIpc) is 3.04. The SMILES string of the molecule is CN1COc2c(N3CCC(N)C3)c(F)c(NN)c3c(=O)c(C(=O)O)cn1c23. The number of nitrogen functional groups attached to an aromatic ring is 1. The lowest BCUT2D eigenvalue weighted by atomic mass is 10.1. The van der Waals surface area contributed by atoms with Crippen molar-refractivity contribution in [2.75, 3.05) is 42.2 Å². The Bertz CT molecular complexity index is 1020. The van der Waals surface area contributed by atoms with Crippen LogP contribution < -0.4 is 37.1 Å². The number of nitrogens with zero attached hydrogens (tertiary/aromatic N) is 3. The van der Waals surface area contributed by atoms with E-state index >= 15 is 4.39 Å². The van der Waals surface area contributed by atoms with Gasteiger partial charge in [-0.1, -0.05) is 0 Å². The van der Waals surface area contributed by atoms with E-state index in [-0.39, 0.29) is 40.8 Å². The van der Waals surface area contributed by atoms with Crippen LogP contribution in [0.5, 0.6) is 5.75 Å². The maximum Gasteiger partial charge on any atom is 0.341 e. The molecule has 3 heterocycles. The monoisotopic (exact) mass is 378 g/mol. The Morgan fingerprint density at radius 1 is 1.48 bits per heavy atom. The van der Waals surface area contributed by atoms with Gasteiger partial charge in [0.05, 0.1) is 5.39 Å². The summed E-state index contributed by atoms with van der Waals surface area (Å²) in [6, 6.07) is -0.107. The van der Waals surface area contributed by atoms with Crippen molar-refractivity contribution in [2.24, 2.45) is 11.6 Å². The molecule has 1 aromatic carbocycles. The molecule has 0 aliphatic carbocycles. The van der Waals surface area contributed by atoms with Crippen LogP contribution in [0, 0.1) is 5.82 Å². The summed E-state index contributed by atoms with van der Waals surface area (Å²) in [6.07, 6.45) is 1.89. The highest BCUT2D eigenvalue weighted by molar-refractivity contribution is 6.04. The molecule has 1 atom stereocenters. The van der Waals surface area contributed by atoms with Gasteiger partial charge in [-0.3, -0.25) is 20.3 Å². The number of ether oxygens (including phenoxy) is 1. The predicted molar refractivity (Wildman–Crippen MR) is 97.4 cm³/mol. The van der Waals surface area contributed by atoms with E-state index in [2.05, 4.69) is 5.43 Å². The van der Waals surface area contributed by atoms with Crippen LogP contribution in [0.3, 0.4) is 0 Å². The molecule has 1 unspecified atom stereocenters. The molecular formula is C16H19FN6O4. The summed E-state index contributed by atoms with van der Waals surface area (Å²) in [7, 11) is 1.66. The highest BCUT2D eigenvalue weighted by atomic mass is 19.1. The van der Waals surface area contributed by atoms with Crippen LogP contribution in [0.4, 0.5) is 15.8 Å². The number of hydrogen-bond acceptors (Lipinski definition) is 8. The van der Waals surface area contributed by atoms with Crippen LogP contribution >= 0.6 is 0 Å². The van der Waals surface area contributed by atoms with E-state index in [0.29, 0.717) is 19.5 Å². The molecular weight excluding hydrogens is 359 g/mol. The van der Waals surface area contributed by atoms with Crippen molar-refractivity contribution in [3.63, 3.8) is 0 Å². The minimum absolute atomic E-state index is 0.0474. The van der Waals surface area contributed by atoms with E-state index in [4.69, 9.17) is 16.3 Å². The molecule has 2 aliphatic rings. The van der Waals surface area contributed by atoms with Gasteiger partial charge >= 0.3 is 5.97 Å². The molecule has 1 fully saturated rings. The minimum Gasteiger partial charge on any atom is -0.477 e. The number of aromatic carboxylic acids is 1. The van der Waals surface area contributed by atoms with Crippen LogP contribution in [0.1, 0.15) is 16.8 Å². The fourth-order valence-electron chi connectivity index (χ4n) is 3.68. The highest BCUT2D eigenvalue weighted by Gasteiger charge is 2.34. The number of pyridine rings is 1. The lowest BCUT2D eigenvalue weighted by Gasteiger charge is -2.34. The molecule has 4 rings (SSSR count). The molecule has 0 spiro atoms. The number of rotatable bonds is 3. The molecule has 10 nitrogen and oxygen atoms in total. The van der Waals surface area contributed by atoms with E-state index in [1.165, 1.54) is 10.9 Å². The Balaban J connectivity index is 2.16. The summed E-state index contributed by atoms with van der Waals surface area (Å²) < 4.78 is 22.6. The number of hydrazine groups is 1. The van der Waals surface area contributed by atoms with Crippen molar-refractivity contribution in [3.05, 3.63) is 27.8 Å². The molecule has 2 aliphatic heterocycles. The number of nitrogens with one attached hydrogen (secondary N) is 1. The molecule has 1 saturated heterocycles. The second-order valence-corrected chi connectivity index (χ2v) is 6.68. The molecule has 0 amide bonds. The van der Waals surface area contributed by atoms with E-state index in [1.54, 1.807) is 17.0 Å². The van der Waals surface area contributed by atoms with Crippen LogP contribution in [0.25, 0.3) is 10.9 Å². The third kappa shape index (κ3) is 2.39. The second-order valence-electron chi connectivity index (χ2n) is 6.68.